The molecule has 0 aliphatic carbocycles. The highest BCUT2D eigenvalue weighted by molar-refractivity contribution is 6.37. The zero-order valence-electron chi connectivity index (χ0n) is 16.4. The van der Waals surface area contributed by atoms with Crippen LogP contribution in [-0.2, 0) is 0 Å². The summed E-state index contributed by atoms with van der Waals surface area (Å²) in [6, 6.07) is 13.7. The van der Waals surface area contributed by atoms with Crippen molar-refractivity contribution in [3.8, 4) is 17.2 Å². The van der Waals surface area contributed by atoms with Crippen molar-refractivity contribution in [2.75, 3.05) is 7.11 Å². The summed E-state index contributed by atoms with van der Waals surface area (Å²) in [6.45, 7) is 0. The van der Waals surface area contributed by atoms with Gasteiger partial charge < -0.3 is 14.6 Å². The molecule has 164 valence electrons. The number of hydrogen-bond acceptors (Lipinski definition) is 6. The zero-order chi connectivity index (χ0) is 23.3. The minimum absolute atomic E-state index is 0.0571. The van der Waals surface area contributed by atoms with Gasteiger partial charge in [0, 0.05) is 5.56 Å². The van der Waals surface area contributed by atoms with E-state index in [4.69, 9.17) is 44.3 Å². The predicted molar refractivity (Wildman–Crippen MR) is 123 cm³/mol. The van der Waals surface area contributed by atoms with Gasteiger partial charge in [-0.1, -0.05) is 46.9 Å². The van der Waals surface area contributed by atoms with Crippen molar-refractivity contribution < 1.29 is 24.2 Å². The Morgan fingerprint density at radius 1 is 0.969 bits per heavy atom. The summed E-state index contributed by atoms with van der Waals surface area (Å²) >= 11 is 17.7. The molecule has 0 atom stereocenters. The molecule has 1 amide bonds. The molecular weight excluding hydrogens is 479 g/mol. The summed E-state index contributed by atoms with van der Waals surface area (Å²) in [5.41, 5.74) is 3.22. The summed E-state index contributed by atoms with van der Waals surface area (Å²) in [5.74, 6) is -1.06. The summed E-state index contributed by atoms with van der Waals surface area (Å²) in [6.07, 6.45) is 1.36. The van der Waals surface area contributed by atoms with Gasteiger partial charge in [0.05, 0.1) is 34.0 Å². The minimum Gasteiger partial charge on any atom is -0.505 e. The lowest BCUT2D eigenvalue weighted by Gasteiger charge is -2.10. The number of nitrogens with one attached hydrogen (secondary N) is 1. The number of benzene rings is 3. The Bertz CT molecular complexity index is 1190. The molecule has 7 nitrogen and oxygen atoms in total. The molecule has 0 aliphatic heterocycles. The van der Waals surface area contributed by atoms with Gasteiger partial charge in [0.25, 0.3) is 5.91 Å². The standard InChI is InChI=1S/C22H15Cl3N2O5/c1-31-19-8-12(6-7-18(19)32-22(30)14-4-2-3-5-15(14)23)11-26-27-21(29)13-9-16(24)20(28)17(25)10-13/h2-11,28H,1H3,(H,27,29). The molecule has 3 rings (SSSR count). The molecule has 0 aliphatic rings. The molecule has 0 saturated carbocycles. The third-order valence-electron chi connectivity index (χ3n) is 4.14. The molecule has 0 radical (unpaired) electrons. The van der Waals surface area contributed by atoms with Gasteiger partial charge in [-0.2, -0.15) is 5.10 Å². The van der Waals surface area contributed by atoms with Gasteiger partial charge in [-0.3, -0.25) is 4.79 Å². The van der Waals surface area contributed by atoms with Crippen molar-refractivity contribution in [1.29, 1.82) is 0 Å². The molecule has 0 heterocycles. The monoisotopic (exact) mass is 492 g/mol. The second-order valence-electron chi connectivity index (χ2n) is 6.27. The first-order chi connectivity index (χ1) is 15.3. The molecule has 0 unspecified atom stereocenters. The molecule has 0 bridgehead atoms. The van der Waals surface area contributed by atoms with Crippen LogP contribution in [0, 0.1) is 0 Å². The molecule has 3 aromatic rings. The number of methoxy groups -OCH3 is 1. The molecule has 2 N–H and O–H groups in total. The van der Waals surface area contributed by atoms with Crippen molar-refractivity contribution in [2.45, 2.75) is 0 Å². The van der Waals surface area contributed by atoms with Crippen LogP contribution in [0.3, 0.4) is 0 Å². The highest BCUT2D eigenvalue weighted by atomic mass is 35.5. The van der Waals surface area contributed by atoms with E-state index in [9.17, 15) is 14.7 Å². The van der Waals surface area contributed by atoms with Crippen LogP contribution in [0.2, 0.25) is 15.1 Å². The fraction of sp³-hybridized carbons (Fsp3) is 0.0455. The zero-order valence-corrected chi connectivity index (χ0v) is 18.7. The van der Waals surface area contributed by atoms with Gasteiger partial charge in [0.2, 0.25) is 0 Å². The molecule has 0 spiro atoms. The number of esters is 1. The predicted octanol–water partition coefficient (Wildman–Crippen LogP) is 5.34. The normalized spacial score (nSPS) is 10.8. The van der Waals surface area contributed by atoms with Gasteiger partial charge >= 0.3 is 5.97 Å². The van der Waals surface area contributed by atoms with Crippen LogP contribution >= 0.6 is 34.8 Å². The van der Waals surface area contributed by atoms with Crippen LogP contribution in [0.4, 0.5) is 0 Å². The van der Waals surface area contributed by atoms with Gasteiger partial charge in [-0.15, -0.1) is 0 Å². The number of carbonyl (C=O) groups is 2. The number of rotatable bonds is 6. The van der Waals surface area contributed by atoms with Crippen molar-refractivity contribution >= 4 is 52.9 Å². The maximum atomic E-state index is 12.4. The Morgan fingerprint density at radius 3 is 2.31 bits per heavy atom. The van der Waals surface area contributed by atoms with Crippen LogP contribution in [0.1, 0.15) is 26.3 Å². The molecule has 3 aromatic carbocycles. The highest BCUT2D eigenvalue weighted by Gasteiger charge is 2.15. The second kappa shape index (κ2) is 10.4. The number of amides is 1. The van der Waals surface area contributed by atoms with Crippen LogP contribution in [0.5, 0.6) is 17.2 Å². The Labute approximate surface area is 198 Å². The quantitative estimate of drug-likeness (QED) is 0.209. The van der Waals surface area contributed by atoms with E-state index < -0.39 is 11.9 Å². The average Bonchev–Trinajstić information content (AvgIpc) is 2.78. The van der Waals surface area contributed by atoms with Gasteiger partial charge in [-0.05, 0) is 48.0 Å². The molecule has 0 saturated heterocycles. The SMILES string of the molecule is COc1cc(C=NNC(=O)c2cc(Cl)c(O)c(Cl)c2)ccc1OC(=O)c1ccccc1Cl. The maximum Gasteiger partial charge on any atom is 0.345 e. The third kappa shape index (κ3) is 5.50. The fourth-order valence-corrected chi connectivity index (χ4v) is 3.26. The van der Waals surface area contributed by atoms with Crippen molar-refractivity contribution in [3.05, 3.63) is 86.4 Å². The Hall–Kier alpha value is -3.26. The van der Waals surface area contributed by atoms with Crippen LogP contribution in [0.25, 0.3) is 0 Å². The molecular formula is C22H15Cl3N2O5. The van der Waals surface area contributed by atoms with Crippen LogP contribution in [0.15, 0.2) is 59.7 Å². The largest absolute Gasteiger partial charge is 0.505 e. The van der Waals surface area contributed by atoms with E-state index in [0.29, 0.717) is 5.56 Å². The first kappa shape index (κ1) is 23.4. The van der Waals surface area contributed by atoms with E-state index in [1.54, 1.807) is 36.4 Å². The van der Waals surface area contributed by atoms with Crippen molar-refractivity contribution in [2.24, 2.45) is 5.10 Å². The number of halogens is 3. The highest BCUT2D eigenvalue weighted by Crippen LogP contribution is 2.32. The Balaban J connectivity index is 1.70. The Morgan fingerprint density at radius 2 is 1.66 bits per heavy atom. The smallest absolute Gasteiger partial charge is 0.345 e. The van der Waals surface area contributed by atoms with Crippen molar-refractivity contribution in [1.82, 2.24) is 5.43 Å². The number of carbonyl (C=O) groups excluding carboxylic acids is 2. The number of phenolic OH excluding ortho intramolecular Hbond substituents is 1. The number of phenols is 1. The van der Waals surface area contributed by atoms with Crippen molar-refractivity contribution in [3.63, 3.8) is 0 Å². The molecule has 0 aromatic heterocycles. The van der Waals surface area contributed by atoms with E-state index >= 15 is 0 Å². The number of aromatic hydroxyl groups is 1. The third-order valence-corrected chi connectivity index (χ3v) is 5.05. The summed E-state index contributed by atoms with van der Waals surface area (Å²) in [4.78, 5) is 24.6. The first-order valence-corrected chi connectivity index (χ1v) is 10.1. The number of hydrazone groups is 1. The van der Waals surface area contributed by atoms with E-state index in [0.717, 1.165) is 0 Å². The van der Waals surface area contributed by atoms with E-state index in [1.165, 1.54) is 31.5 Å². The minimum atomic E-state index is -0.631. The fourth-order valence-electron chi connectivity index (χ4n) is 2.56. The summed E-state index contributed by atoms with van der Waals surface area (Å²) < 4.78 is 10.7. The molecule has 32 heavy (non-hydrogen) atoms. The lowest BCUT2D eigenvalue weighted by Crippen LogP contribution is -2.17. The van der Waals surface area contributed by atoms with Gasteiger partial charge in [-0.25, -0.2) is 10.2 Å². The lowest BCUT2D eigenvalue weighted by molar-refractivity contribution is 0.0729. The number of ether oxygens (including phenoxy) is 2. The number of nitrogens with zero attached hydrogens (tertiary/aromatic N) is 1. The van der Waals surface area contributed by atoms with Gasteiger partial charge in [0.15, 0.2) is 17.2 Å². The average molecular weight is 494 g/mol. The van der Waals surface area contributed by atoms with E-state index in [-0.39, 0.29) is 43.4 Å². The van der Waals surface area contributed by atoms with E-state index in [2.05, 4.69) is 10.5 Å². The first-order valence-electron chi connectivity index (χ1n) is 8.96. The Kier molecular flexibility index (Phi) is 7.58. The maximum absolute atomic E-state index is 12.4. The second-order valence-corrected chi connectivity index (χ2v) is 7.49. The lowest BCUT2D eigenvalue weighted by atomic mass is 10.2. The van der Waals surface area contributed by atoms with Crippen LogP contribution in [-0.4, -0.2) is 30.3 Å². The summed E-state index contributed by atoms with van der Waals surface area (Å²) in [5, 5.41) is 13.6. The number of hydrogen-bond donors (Lipinski definition) is 2. The summed E-state index contributed by atoms with van der Waals surface area (Å²) in [7, 11) is 1.42. The molecule has 10 heteroatoms. The molecule has 0 fully saturated rings. The topological polar surface area (TPSA) is 97.2 Å². The van der Waals surface area contributed by atoms with E-state index in [1.807, 2.05) is 0 Å². The van der Waals surface area contributed by atoms with Crippen LogP contribution < -0.4 is 14.9 Å². The van der Waals surface area contributed by atoms with Gasteiger partial charge in [0.1, 0.15) is 0 Å².